The Morgan fingerprint density at radius 3 is 1.64 bits per heavy atom. The Kier molecular flexibility index (Phi) is 3.82. The van der Waals surface area contributed by atoms with E-state index in [0.29, 0.717) is 6.61 Å². The van der Waals surface area contributed by atoms with Gasteiger partial charge in [-0.05, 0) is 25.7 Å². The van der Waals surface area contributed by atoms with Gasteiger partial charge in [0.05, 0.1) is 6.61 Å². The Hall–Kier alpha value is -0.0800. The summed E-state index contributed by atoms with van der Waals surface area (Å²) in [5, 5.41) is 9.12. The van der Waals surface area contributed by atoms with Gasteiger partial charge < -0.3 is 5.11 Å². The van der Waals surface area contributed by atoms with Crippen LogP contribution in [0, 0.1) is 0 Å². The van der Waals surface area contributed by atoms with Crippen molar-refractivity contribution >= 4 is 0 Å². The lowest BCUT2D eigenvalue weighted by Gasteiger charge is -2.33. The van der Waals surface area contributed by atoms with Crippen molar-refractivity contribution < 1.29 is 5.11 Å². The Morgan fingerprint density at radius 1 is 0.857 bits per heavy atom. The fraction of sp³-hybridized carbons (Fsp3) is 1.00. The van der Waals surface area contributed by atoms with Crippen LogP contribution in [0.25, 0.3) is 0 Å². The van der Waals surface area contributed by atoms with Crippen LogP contribution in [0.2, 0.25) is 0 Å². The summed E-state index contributed by atoms with van der Waals surface area (Å²) in [4.78, 5) is 2.61. The SMILES string of the molecule is OCCN(C1CCCC1)C1CCCC1. The van der Waals surface area contributed by atoms with Gasteiger partial charge in [-0.15, -0.1) is 0 Å². The molecule has 2 heteroatoms. The lowest BCUT2D eigenvalue weighted by Crippen LogP contribution is -2.42. The van der Waals surface area contributed by atoms with Crippen LogP contribution in [-0.4, -0.2) is 35.2 Å². The van der Waals surface area contributed by atoms with Gasteiger partial charge in [0.1, 0.15) is 0 Å². The minimum absolute atomic E-state index is 0.340. The van der Waals surface area contributed by atoms with E-state index in [1.807, 2.05) is 0 Å². The molecular weight excluding hydrogens is 174 g/mol. The van der Waals surface area contributed by atoms with Crippen molar-refractivity contribution in [1.82, 2.24) is 4.90 Å². The summed E-state index contributed by atoms with van der Waals surface area (Å²) in [7, 11) is 0. The van der Waals surface area contributed by atoms with Gasteiger partial charge in [0.15, 0.2) is 0 Å². The zero-order valence-electron chi connectivity index (χ0n) is 9.12. The third kappa shape index (κ3) is 2.29. The molecular formula is C12H23NO. The minimum atomic E-state index is 0.340. The van der Waals surface area contributed by atoms with Crippen LogP contribution in [-0.2, 0) is 0 Å². The third-order valence-corrected chi connectivity index (χ3v) is 3.95. The second-order valence-electron chi connectivity index (χ2n) is 4.84. The van der Waals surface area contributed by atoms with Crippen LogP contribution in [0.5, 0.6) is 0 Å². The van der Waals surface area contributed by atoms with Crippen molar-refractivity contribution in [2.75, 3.05) is 13.2 Å². The van der Waals surface area contributed by atoms with Crippen LogP contribution < -0.4 is 0 Å². The van der Waals surface area contributed by atoms with E-state index in [1.54, 1.807) is 0 Å². The van der Waals surface area contributed by atoms with Gasteiger partial charge in [-0.2, -0.15) is 0 Å². The first-order chi connectivity index (χ1) is 6.92. The molecule has 0 unspecified atom stereocenters. The molecule has 2 saturated carbocycles. The Morgan fingerprint density at radius 2 is 1.29 bits per heavy atom. The third-order valence-electron chi connectivity index (χ3n) is 3.95. The number of hydrogen-bond acceptors (Lipinski definition) is 2. The monoisotopic (exact) mass is 197 g/mol. The second kappa shape index (κ2) is 5.13. The Labute approximate surface area is 87.3 Å². The summed E-state index contributed by atoms with van der Waals surface area (Å²) in [5.41, 5.74) is 0. The summed E-state index contributed by atoms with van der Waals surface area (Å²) >= 11 is 0. The molecule has 0 aromatic carbocycles. The highest BCUT2D eigenvalue weighted by molar-refractivity contribution is 4.85. The molecule has 0 spiro atoms. The molecule has 0 heterocycles. The molecule has 0 radical (unpaired) electrons. The highest BCUT2D eigenvalue weighted by atomic mass is 16.3. The molecule has 0 aromatic heterocycles. The first kappa shape index (κ1) is 10.4. The minimum Gasteiger partial charge on any atom is -0.395 e. The lowest BCUT2D eigenvalue weighted by atomic mass is 10.1. The Bertz CT molecular complexity index is 144. The lowest BCUT2D eigenvalue weighted by molar-refractivity contribution is 0.106. The average Bonchev–Trinajstić information content (AvgIpc) is 2.87. The fourth-order valence-corrected chi connectivity index (χ4v) is 3.25. The van der Waals surface area contributed by atoms with Crippen LogP contribution >= 0.6 is 0 Å². The van der Waals surface area contributed by atoms with E-state index in [9.17, 15) is 0 Å². The molecule has 2 nitrogen and oxygen atoms in total. The summed E-state index contributed by atoms with van der Waals surface area (Å²) < 4.78 is 0. The predicted molar refractivity (Wildman–Crippen MR) is 58.3 cm³/mol. The van der Waals surface area contributed by atoms with E-state index in [0.717, 1.165) is 18.6 Å². The molecule has 0 saturated heterocycles. The van der Waals surface area contributed by atoms with Crippen LogP contribution in [0.3, 0.4) is 0 Å². The quantitative estimate of drug-likeness (QED) is 0.746. The van der Waals surface area contributed by atoms with Crippen LogP contribution in [0.1, 0.15) is 51.4 Å². The van der Waals surface area contributed by atoms with Crippen molar-refractivity contribution in [1.29, 1.82) is 0 Å². The van der Waals surface area contributed by atoms with Crippen LogP contribution in [0.4, 0.5) is 0 Å². The molecule has 0 aliphatic heterocycles. The summed E-state index contributed by atoms with van der Waals surface area (Å²) in [6, 6.07) is 1.59. The van der Waals surface area contributed by atoms with Crippen molar-refractivity contribution in [2.24, 2.45) is 0 Å². The largest absolute Gasteiger partial charge is 0.395 e. The molecule has 2 aliphatic rings. The van der Waals surface area contributed by atoms with E-state index in [2.05, 4.69) is 4.90 Å². The number of aliphatic hydroxyl groups is 1. The smallest absolute Gasteiger partial charge is 0.0558 e. The molecule has 2 fully saturated rings. The summed E-state index contributed by atoms with van der Waals surface area (Å²) in [6.07, 6.45) is 11.1. The molecule has 0 aromatic rings. The van der Waals surface area contributed by atoms with Gasteiger partial charge in [-0.3, -0.25) is 4.90 Å². The maximum Gasteiger partial charge on any atom is 0.0558 e. The van der Waals surface area contributed by atoms with Crippen LogP contribution in [0.15, 0.2) is 0 Å². The molecule has 0 atom stereocenters. The second-order valence-corrected chi connectivity index (χ2v) is 4.84. The zero-order chi connectivity index (χ0) is 9.80. The molecule has 1 N–H and O–H groups in total. The van der Waals surface area contributed by atoms with Gasteiger partial charge in [-0.1, -0.05) is 25.7 Å². The molecule has 14 heavy (non-hydrogen) atoms. The summed E-state index contributed by atoms with van der Waals surface area (Å²) in [5.74, 6) is 0. The zero-order valence-corrected chi connectivity index (χ0v) is 9.12. The number of aliphatic hydroxyl groups excluding tert-OH is 1. The normalized spacial score (nSPS) is 25.3. The standard InChI is InChI=1S/C12H23NO/c14-10-9-13(11-5-1-2-6-11)12-7-3-4-8-12/h11-12,14H,1-10H2. The van der Waals surface area contributed by atoms with E-state index in [1.165, 1.54) is 51.4 Å². The van der Waals surface area contributed by atoms with E-state index in [4.69, 9.17) is 5.11 Å². The van der Waals surface area contributed by atoms with Crippen molar-refractivity contribution in [3.63, 3.8) is 0 Å². The fourth-order valence-electron chi connectivity index (χ4n) is 3.25. The molecule has 2 aliphatic carbocycles. The number of hydrogen-bond donors (Lipinski definition) is 1. The maximum absolute atomic E-state index is 9.12. The van der Waals surface area contributed by atoms with Gasteiger partial charge >= 0.3 is 0 Å². The number of rotatable bonds is 4. The van der Waals surface area contributed by atoms with Crippen molar-refractivity contribution in [3.05, 3.63) is 0 Å². The first-order valence-electron chi connectivity index (χ1n) is 6.28. The predicted octanol–water partition coefficient (Wildman–Crippen LogP) is 2.17. The molecule has 0 amide bonds. The Balaban J connectivity index is 1.91. The van der Waals surface area contributed by atoms with Crippen molar-refractivity contribution in [2.45, 2.75) is 63.5 Å². The molecule has 82 valence electrons. The van der Waals surface area contributed by atoms with E-state index >= 15 is 0 Å². The van der Waals surface area contributed by atoms with E-state index < -0.39 is 0 Å². The highest BCUT2D eigenvalue weighted by Crippen LogP contribution is 2.30. The van der Waals surface area contributed by atoms with Gasteiger partial charge in [0.25, 0.3) is 0 Å². The maximum atomic E-state index is 9.12. The van der Waals surface area contributed by atoms with Crippen molar-refractivity contribution in [3.8, 4) is 0 Å². The molecule has 0 bridgehead atoms. The van der Waals surface area contributed by atoms with Gasteiger partial charge in [-0.25, -0.2) is 0 Å². The average molecular weight is 197 g/mol. The van der Waals surface area contributed by atoms with Gasteiger partial charge in [0, 0.05) is 18.6 Å². The highest BCUT2D eigenvalue weighted by Gasteiger charge is 2.29. The van der Waals surface area contributed by atoms with E-state index in [-0.39, 0.29) is 0 Å². The van der Waals surface area contributed by atoms with Gasteiger partial charge in [0.2, 0.25) is 0 Å². The number of nitrogens with zero attached hydrogens (tertiary/aromatic N) is 1. The first-order valence-corrected chi connectivity index (χ1v) is 6.28. The molecule has 2 rings (SSSR count). The summed E-state index contributed by atoms with van der Waals surface area (Å²) in [6.45, 7) is 1.25. The topological polar surface area (TPSA) is 23.5 Å².